The predicted molar refractivity (Wildman–Crippen MR) is 63.4 cm³/mol. The van der Waals surface area contributed by atoms with Gasteiger partial charge < -0.3 is 19.4 Å². The molecule has 1 amide bonds. The molecule has 2 heterocycles. The molecule has 0 fully saturated rings. The lowest BCUT2D eigenvalue weighted by Gasteiger charge is -2.06. The highest BCUT2D eigenvalue weighted by Gasteiger charge is 2.14. The molecule has 1 aromatic carbocycles. The van der Waals surface area contributed by atoms with E-state index in [0.29, 0.717) is 17.2 Å². The molecule has 18 heavy (non-hydrogen) atoms. The Kier molecular flexibility index (Phi) is 2.60. The number of anilines is 1. The summed E-state index contributed by atoms with van der Waals surface area (Å²) in [6.07, 6.45) is 4.96. The third-order valence-electron chi connectivity index (χ3n) is 2.54. The van der Waals surface area contributed by atoms with Crippen molar-refractivity contribution in [1.29, 1.82) is 0 Å². The van der Waals surface area contributed by atoms with Crippen molar-refractivity contribution < 1.29 is 14.3 Å². The van der Waals surface area contributed by atoms with Gasteiger partial charge in [-0.2, -0.15) is 0 Å². The highest BCUT2D eigenvalue weighted by molar-refractivity contribution is 5.90. The minimum atomic E-state index is -0.119. The number of aromatic nitrogens is 2. The van der Waals surface area contributed by atoms with Gasteiger partial charge in [0, 0.05) is 24.1 Å². The van der Waals surface area contributed by atoms with Gasteiger partial charge in [-0.25, -0.2) is 4.98 Å². The Morgan fingerprint density at radius 1 is 1.39 bits per heavy atom. The molecule has 0 radical (unpaired) electrons. The fourth-order valence-corrected chi connectivity index (χ4v) is 1.72. The molecule has 1 aliphatic heterocycles. The van der Waals surface area contributed by atoms with Gasteiger partial charge in [0.25, 0.3) is 0 Å². The van der Waals surface area contributed by atoms with Crippen molar-refractivity contribution >= 4 is 11.6 Å². The maximum absolute atomic E-state index is 11.7. The van der Waals surface area contributed by atoms with Crippen LogP contribution in [0.25, 0.3) is 0 Å². The van der Waals surface area contributed by atoms with E-state index in [4.69, 9.17) is 9.47 Å². The van der Waals surface area contributed by atoms with Gasteiger partial charge in [-0.05, 0) is 12.1 Å². The summed E-state index contributed by atoms with van der Waals surface area (Å²) in [7, 11) is 0. The molecular formula is C12H11N3O3. The molecule has 6 nitrogen and oxygen atoms in total. The number of rotatable bonds is 3. The molecule has 0 saturated carbocycles. The number of carbonyl (C=O) groups excluding carboxylic acids is 1. The van der Waals surface area contributed by atoms with Gasteiger partial charge in [0.15, 0.2) is 11.5 Å². The van der Waals surface area contributed by atoms with Crippen LogP contribution in [0.15, 0.2) is 36.9 Å². The first kappa shape index (κ1) is 10.6. The molecule has 1 aromatic heterocycles. The summed E-state index contributed by atoms with van der Waals surface area (Å²) in [5, 5.41) is 2.79. The zero-order valence-corrected chi connectivity index (χ0v) is 9.50. The second-order valence-corrected chi connectivity index (χ2v) is 3.85. The topological polar surface area (TPSA) is 65.4 Å². The third-order valence-corrected chi connectivity index (χ3v) is 2.54. The number of ether oxygens (including phenoxy) is 2. The van der Waals surface area contributed by atoms with Crippen molar-refractivity contribution in [3.05, 3.63) is 36.9 Å². The number of benzene rings is 1. The number of nitrogens with zero attached hydrogens (tertiary/aromatic N) is 2. The van der Waals surface area contributed by atoms with E-state index < -0.39 is 0 Å². The second-order valence-electron chi connectivity index (χ2n) is 3.85. The van der Waals surface area contributed by atoms with Crippen LogP contribution >= 0.6 is 0 Å². The summed E-state index contributed by atoms with van der Waals surface area (Å²) in [5.74, 6) is 1.23. The quantitative estimate of drug-likeness (QED) is 0.883. The molecule has 0 aliphatic carbocycles. The van der Waals surface area contributed by atoms with Crippen LogP contribution in [0.5, 0.6) is 11.5 Å². The molecule has 2 aromatic rings. The molecule has 0 bridgehead atoms. The smallest absolute Gasteiger partial charge is 0.244 e. The average Bonchev–Trinajstić information content (AvgIpc) is 2.98. The van der Waals surface area contributed by atoms with Crippen molar-refractivity contribution in [2.45, 2.75) is 6.54 Å². The van der Waals surface area contributed by atoms with E-state index in [0.717, 1.165) is 0 Å². The van der Waals surface area contributed by atoms with Gasteiger partial charge in [-0.15, -0.1) is 0 Å². The monoisotopic (exact) mass is 245 g/mol. The van der Waals surface area contributed by atoms with Crippen molar-refractivity contribution in [3.63, 3.8) is 0 Å². The van der Waals surface area contributed by atoms with E-state index >= 15 is 0 Å². The Balaban J connectivity index is 1.67. The number of nitrogens with one attached hydrogen (secondary N) is 1. The first-order valence-electron chi connectivity index (χ1n) is 5.46. The number of hydrogen-bond acceptors (Lipinski definition) is 4. The van der Waals surface area contributed by atoms with Gasteiger partial charge in [-0.1, -0.05) is 0 Å². The average molecular weight is 245 g/mol. The van der Waals surface area contributed by atoms with Crippen molar-refractivity contribution in [2.24, 2.45) is 0 Å². The zero-order valence-electron chi connectivity index (χ0n) is 9.50. The molecule has 1 aliphatic rings. The first-order chi connectivity index (χ1) is 8.81. The molecular weight excluding hydrogens is 234 g/mol. The summed E-state index contributed by atoms with van der Waals surface area (Å²) < 4.78 is 12.1. The third kappa shape index (κ3) is 2.13. The standard InChI is InChI=1S/C12H11N3O3/c16-12(6-15-4-3-13-7-15)14-9-1-2-10-11(5-9)18-8-17-10/h1-5,7H,6,8H2,(H,14,16). The van der Waals surface area contributed by atoms with Crippen molar-refractivity contribution in [3.8, 4) is 11.5 Å². The van der Waals surface area contributed by atoms with Gasteiger partial charge in [0.05, 0.1) is 6.33 Å². The Morgan fingerprint density at radius 2 is 2.28 bits per heavy atom. The zero-order chi connectivity index (χ0) is 12.4. The summed E-state index contributed by atoms with van der Waals surface area (Å²) in [5.41, 5.74) is 0.685. The van der Waals surface area contributed by atoms with Crippen LogP contribution < -0.4 is 14.8 Å². The molecule has 1 N–H and O–H groups in total. The number of carbonyl (C=O) groups is 1. The van der Waals surface area contributed by atoms with Crippen LogP contribution in [-0.2, 0) is 11.3 Å². The predicted octanol–water partition coefficient (Wildman–Crippen LogP) is 1.25. The maximum Gasteiger partial charge on any atom is 0.244 e. The number of imidazole rings is 1. The van der Waals surface area contributed by atoms with Gasteiger partial charge in [0.2, 0.25) is 12.7 Å². The molecule has 0 saturated heterocycles. The minimum absolute atomic E-state index is 0.119. The highest BCUT2D eigenvalue weighted by atomic mass is 16.7. The van der Waals surface area contributed by atoms with Crippen molar-refractivity contribution in [2.75, 3.05) is 12.1 Å². The fraction of sp³-hybridized carbons (Fsp3) is 0.167. The Morgan fingerprint density at radius 3 is 3.11 bits per heavy atom. The summed E-state index contributed by atoms with van der Waals surface area (Å²) in [4.78, 5) is 15.6. The van der Waals surface area contributed by atoms with Crippen LogP contribution in [0.4, 0.5) is 5.69 Å². The van der Waals surface area contributed by atoms with E-state index in [1.165, 1.54) is 0 Å². The summed E-state index contributed by atoms with van der Waals surface area (Å²) in [6.45, 7) is 0.455. The normalized spacial score (nSPS) is 12.4. The van der Waals surface area contributed by atoms with Crippen LogP contribution in [0.2, 0.25) is 0 Å². The van der Waals surface area contributed by atoms with E-state index in [-0.39, 0.29) is 19.2 Å². The van der Waals surface area contributed by atoms with Crippen LogP contribution in [0.3, 0.4) is 0 Å². The Bertz CT molecular complexity index is 566. The Hall–Kier alpha value is -2.50. The lowest BCUT2D eigenvalue weighted by Crippen LogP contribution is -2.17. The maximum atomic E-state index is 11.7. The van der Waals surface area contributed by atoms with Gasteiger partial charge >= 0.3 is 0 Å². The first-order valence-corrected chi connectivity index (χ1v) is 5.46. The molecule has 0 atom stereocenters. The van der Waals surface area contributed by atoms with Crippen LogP contribution in [0, 0.1) is 0 Å². The van der Waals surface area contributed by atoms with E-state index in [1.807, 2.05) is 0 Å². The second kappa shape index (κ2) is 4.40. The van der Waals surface area contributed by atoms with E-state index in [9.17, 15) is 4.79 Å². The number of fused-ring (bicyclic) bond motifs is 1. The molecule has 0 unspecified atom stereocenters. The molecule has 92 valence electrons. The SMILES string of the molecule is O=C(Cn1ccnc1)Nc1ccc2c(c1)OCO2. The lowest BCUT2D eigenvalue weighted by molar-refractivity contribution is -0.116. The largest absolute Gasteiger partial charge is 0.454 e. The number of hydrogen-bond donors (Lipinski definition) is 1. The van der Waals surface area contributed by atoms with Crippen molar-refractivity contribution in [1.82, 2.24) is 9.55 Å². The fourth-order valence-electron chi connectivity index (χ4n) is 1.72. The van der Waals surface area contributed by atoms with E-state index in [1.54, 1.807) is 41.5 Å². The number of amides is 1. The van der Waals surface area contributed by atoms with Gasteiger partial charge in [0.1, 0.15) is 6.54 Å². The summed E-state index contributed by atoms with van der Waals surface area (Å²) in [6, 6.07) is 5.29. The lowest BCUT2D eigenvalue weighted by atomic mass is 10.3. The van der Waals surface area contributed by atoms with Crippen LogP contribution in [-0.4, -0.2) is 22.3 Å². The Labute approximate surface area is 103 Å². The molecule has 3 rings (SSSR count). The molecule has 6 heteroatoms. The van der Waals surface area contributed by atoms with E-state index in [2.05, 4.69) is 10.3 Å². The van der Waals surface area contributed by atoms with Gasteiger partial charge in [-0.3, -0.25) is 4.79 Å². The molecule has 0 spiro atoms. The highest BCUT2D eigenvalue weighted by Crippen LogP contribution is 2.34. The van der Waals surface area contributed by atoms with Crippen LogP contribution in [0.1, 0.15) is 0 Å². The summed E-state index contributed by atoms with van der Waals surface area (Å²) >= 11 is 0. The minimum Gasteiger partial charge on any atom is -0.454 e.